The number of hydrogen-bond donors (Lipinski definition) is 1. The topological polar surface area (TPSA) is 55.6 Å². The Hall–Kier alpha value is -0.610. The molecule has 0 saturated carbocycles. The SMILES string of the molecule is COC(=O)[C@H]1CCN(C)CC[C@H]1N. The summed E-state index contributed by atoms with van der Waals surface area (Å²) in [6.07, 6.45) is 1.68. The van der Waals surface area contributed by atoms with Gasteiger partial charge < -0.3 is 15.4 Å². The summed E-state index contributed by atoms with van der Waals surface area (Å²) in [6.45, 7) is 1.89. The van der Waals surface area contributed by atoms with Gasteiger partial charge in [-0.25, -0.2) is 0 Å². The van der Waals surface area contributed by atoms with Gasteiger partial charge >= 0.3 is 5.97 Å². The highest BCUT2D eigenvalue weighted by Crippen LogP contribution is 2.16. The summed E-state index contributed by atoms with van der Waals surface area (Å²) in [7, 11) is 3.47. The Labute approximate surface area is 79.0 Å². The van der Waals surface area contributed by atoms with Crippen LogP contribution >= 0.6 is 0 Å². The third-order valence-corrected chi connectivity index (χ3v) is 2.69. The number of nitrogens with two attached hydrogens (primary N) is 1. The molecule has 2 N–H and O–H groups in total. The van der Waals surface area contributed by atoms with Crippen molar-refractivity contribution >= 4 is 5.97 Å². The molecular formula is C9H18N2O2. The van der Waals surface area contributed by atoms with Gasteiger partial charge in [-0.05, 0) is 33.0 Å². The minimum atomic E-state index is -0.164. The van der Waals surface area contributed by atoms with Crippen molar-refractivity contribution in [1.82, 2.24) is 4.90 Å². The number of likely N-dealkylation sites (tertiary alicyclic amines) is 1. The van der Waals surface area contributed by atoms with Gasteiger partial charge in [0.25, 0.3) is 0 Å². The van der Waals surface area contributed by atoms with Crippen molar-refractivity contribution in [1.29, 1.82) is 0 Å². The van der Waals surface area contributed by atoms with Crippen LogP contribution in [0.5, 0.6) is 0 Å². The van der Waals surface area contributed by atoms with Crippen LogP contribution in [0.4, 0.5) is 0 Å². The molecule has 1 aliphatic rings. The highest BCUT2D eigenvalue weighted by molar-refractivity contribution is 5.73. The van der Waals surface area contributed by atoms with E-state index in [0.717, 1.165) is 25.9 Å². The second-order valence-corrected chi connectivity index (χ2v) is 3.67. The molecule has 0 bridgehead atoms. The second kappa shape index (κ2) is 4.58. The van der Waals surface area contributed by atoms with Gasteiger partial charge in [0.15, 0.2) is 0 Å². The first-order chi connectivity index (χ1) is 6.15. The maximum atomic E-state index is 11.3. The van der Waals surface area contributed by atoms with Crippen molar-refractivity contribution in [3.63, 3.8) is 0 Å². The number of ether oxygens (including phenoxy) is 1. The number of esters is 1. The predicted molar refractivity (Wildman–Crippen MR) is 50.2 cm³/mol. The number of carbonyl (C=O) groups excluding carboxylic acids is 1. The quantitative estimate of drug-likeness (QED) is 0.578. The van der Waals surface area contributed by atoms with Crippen LogP contribution in [0.25, 0.3) is 0 Å². The highest BCUT2D eigenvalue weighted by atomic mass is 16.5. The third kappa shape index (κ3) is 2.67. The molecule has 0 spiro atoms. The smallest absolute Gasteiger partial charge is 0.310 e. The minimum Gasteiger partial charge on any atom is -0.469 e. The van der Waals surface area contributed by atoms with Crippen molar-refractivity contribution in [2.75, 3.05) is 27.2 Å². The van der Waals surface area contributed by atoms with E-state index in [1.54, 1.807) is 0 Å². The molecule has 4 heteroatoms. The Morgan fingerprint density at radius 3 is 2.69 bits per heavy atom. The first kappa shape index (κ1) is 10.5. The summed E-state index contributed by atoms with van der Waals surface area (Å²) in [6, 6.07) is -0.0441. The zero-order valence-electron chi connectivity index (χ0n) is 8.32. The Balaban J connectivity index is 2.56. The van der Waals surface area contributed by atoms with Gasteiger partial charge in [0, 0.05) is 6.04 Å². The van der Waals surface area contributed by atoms with Crippen molar-refractivity contribution < 1.29 is 9.53 Å². The maximum absolute atomic E-state index is 11.3. The summed E-state index contributed by atoms with van der Waals surface area (Å²) in [4.78, 5) is 13.5. The van der Waals surface area contributed by atoms with Gasteiger partial charge in [-0.15, -0.1) is 0 Å². The maximum Gasteiger partial charge on any atom is 0.310 e. The molecule has 0 aromatic rings. The van der Waals surface area contributed by atoms with Crippen LogP contribution in [-0.4, -0.2) is 44.2 Å². The Morgan fingerprint density at radius 2 is 2.08 bits per heavy atom. The number of carbonyl (C=O) groups is 1. The first-order valence-corrected chi connectivity index (χ1v) is 4.67. The molecule has 1 heterocycles. The van der Waals surface area contributed by atoms with Crippen molar-refractivity contribution in [3.05, 3.63) is 0 Å². The Morgan fingerprint density at radius 1 is 1.46 bits per heavy atom. The average Bonchev–Trinajstić information content (AvgIpc) is 2.28. The van der Waals surface area contributed by atoms with Gasteiger partial charge in [0.2, 0.25) is 0 Å². The summed E-state index contributed by atoms with van der Waals surface area (Å²) >= 11 is 0. The van der Waals surface area contributed by atoms with Crippen LogP contribution in [0, 0.1) is 5.92 Å². The van der Waals surface area contributed by atoms with E-state index in [0.29, 0.717) is 0 Å². The van der Waals surface area contributed by atoms with Crippen molar-refractivity contribution in [3.8, 4) is 0 Å². The zero-order valence-corrected chi connectivity index (χ0v) is 8.32. The van der Waals surface area contributed by atoms with E-state index < -0.39 is 0 Å². The van der Waals surface area contributed by atoms with E-state index in [1.165, 1.54) is 7.11 Å². The lowest BCUT2D eigenvalue weighted by Gasteiger charge is -2.17. The van der Waals surface area contributed by atoms with E-state index >= 15 is 0 Å². The van der Waals surface area contributed by atoms with Crippen LogP contribution in [-0.2, 0) is 9.53 Å². The van der Waals surface area contributed by atoms with Gasteiger partial charge in [0.1, 0.15) is 0 Å². The van der Waals surface area contributed by atoms with Crippen LogP contribution in [0.2, 0.25) is 0 Å². The molecule has 13 heavy (non-hydrogen) atoms. The summed E-state index contributed by atoms with van der Waals surface area (Å²) in [5.74, 6) is -0.280. The molecular weight excluding hydrogens is 168 g/mol. The van der Waals surface area contributed by atoms with Crippen LogP contribution in [0.3, 0.4) is 0 Å². The predicted octanol–water partition coefficient (Wildman–Crippen LogP) is -0.171. The molecule has 1 rings (SSSR count). The lowest BCUT2D eigenvalue weighted by molar-refractivity contribution is -0.146. The molecule has 0 amide bonds. The molecule has 1 saturated heterocycles. The molecule has 0 aromatic carbocycles. The standard InChI is InChI=1S/C9H18N2O2/c1-11-5-3-7(9(12)13-2)8(10)4-6-11/h7-8H,3-6,10H2,1-2H3/t7-,8+/m0/s1. The van der Waals surface area contributed by atoms with Crippen molar-refractivity contribution in [2.45, 2.75) is 18.9 Å². The van der Waals surface area contributed by atoms with E-state index in [2.05, 4.69) is 4.90 Å². The fourth-order valence-corrected chi connectivity index (χ4v) is 1.70. The molecule has 0 radical (unpaired) electrons. The Kier molecular flexibility index (Phi) is 3.69. The molecule has 4 nitrogen and oxygen atoms in total. The minimum absolute atomic E-state index is 0.0441. The van der Waals surface area contributed by atoms with Crippen molar-refractivity contribution in [2.24, 2.45) is 11.7 Å². The molecule has 76 valence electrons. The average molecular weight is 186 g/mol. The fourth-order valence-electron chi connectivity index (χ4n) is 1.70. The number of hydrogen-bond acceptors (Lipinski definition) is 4. The van der Waals surface area contributed by atoms with Crippen LogP contribution < -0.4 is 5.73 Å². The fraction of sp³-hybridized carbons (Fsp3) is 0.889. The van der Waals surface area contributed by atoms with E-state index in [4.69, 9.17) is 10.5 Å². The Bertz CT molecular complexity index is 184. The molecule has 1 fully saturated rings. The molecule has 2 atom stereocenters. The van der Waals surface area contributed by atoms with E-state index in [9.17, 15) is 4.79 Å². The lowest BCUT2D eigenvalue weighted by atomic mass is 9.96. The van der Waals surface area contributed by atoms with E-state index in [1.807, 2.05) is 7.05 Å². The third-order valence-electron chi connectivity index (χ3n) is 2.69. The number of nitrogens with zero attached hydrogens (tertiary/aromatic N) is 1. The zero-order chi connectivity index (χ0) is 9.84. The number of rotatable bonds is 1. The highest BCUT2D eigenvalue weighted by Gasteiger charge is 2.28. The number of methoxy groups -OCH3 is 1. The second-order valence-electron chi connectivity index (χ2n) is 3.67. The van der Waals surface area contributed by atoms with Gasteiger partial charge in [-0.3, -0.25) is 4.79 Å². The van der Waals surface area contributed by atoms with Gasteiger partial charge in [-0.1, -0.05) is 0 Å². The first-order valence-electron chi connectivity index (χ1n) is 4.67. The summed E-state index contributed by atoms with van der Waals surface area (Å²) in [5.41, 5.74) is 5.89. The molecule has 0 unspecified atom stereocenters. The van der Waals surface area contributed by atoms with Gasteiger partial charge in [0.05, 0.1) is 13.0 Å². The normalized spacial score (nSPS) is 31.0. The monoisotopic (exact) mass is 186 g/mol. The summed E-state index contributed by atoms with van der Waals surface area (Å²) < 4.78 is 4.71. The van der Waals surface area contributed by atoms with E-state index in [-0.39, 0.29) is 17.9 Å². The molecule has 0 aliphatic carbocycles. The van der Waals surface area contributed by atoms with Gasteiger partial charge in [-0.2, -0.15) is 0 Å². The lowest BCUT2D eigenvalue weighted by Crippen LogP contribution is -2.36. The van der Waals surface area contributed by atoms with Crippen LogP contribution in [0.1, 0.15) is 12.8 Å². The summed E-state index contributed by atoms with van der Waals surface area (Å²) in [5, 5.41) is 0. The molecule has 0 aromatic heterocycles. The van der Waals surface area contributed by atoms with Crippen LogP contribution in [0.15, 0.2) is 0 Å². The molecule has 1 aliphatic heterocycles. The largest absolute Gasteiger partial charge is 0.469 e.